The van der Waals surface area contributed by atoms with Crippen LogP contribution in [0.1, 0.15) is 5.69 Å². The van der Waals surface area contributed by atoms with E-state index in [4.69, 9.17) is 0 Å². The largest absolute Gasteiger partial charge is 0.508 e. The summed E-state index contributed by atoms with van der Waals surface area (Å²) in [6, 6.07) is 7.77. The van der Waals surface area contributed by atoms with Gasteiger partial charge in [0, 0.05) is 56.9 Å². The van der Waals surface area contributed by atoms with E-state index in [0.717, 1.165) is 38.2 Å². The van der Waals surface area contributed by atoms with Crippen LogP contribution in [0.4, 0.5) is 0 Å². The van der Waals surface area contributed by atoms with Gasteiger partial charge in [-0.15, -0.1) is 0 Å². The molecular formula is C14H19N3O. The van der Waals surface area contributed by atoms with Gasteiger partial charge in [-0.1, -0.05) is 0 Å². The molecule has 1 aliphatic heterocycles. The van der Waals surface area contributed by atoms with Crippen molar-refractivity contribution >= 4 is 10.9 Å². The van der Waals surface area contributed by atoms with Gasteiger partial charge < -0.3 is 15.0 Å². The Labute approximate surface area is 107 Å². The number of hydrogen-bond acceptors (Lipinski definition) is 3. The number of piperazine rings is 1. The zero-order valence-electron chi connectivity index (χ0n) is 10.7. The molecule has 1 aromatic carbocycles. The summed E-state index contributed by atoms with van der Waals surface area (Å²) in [5.41, 5.74) is 2.40. The maximum absolute atomic E-state index is 9.55. The maximum atomic E-state index is 9.55. The number of aromatic nitrogens is 1. The molecule has 18 heavy (non-hydrogen) atoms. The Morgan fingerprint density at radius 3 is 2.78 bits per heavy atom. The van der Waals surface area contributed by atoms with E-state index in [1.165, 1.54) is 11.1 Å². The molecule has 0 radical (unpaired) electrons. The van der Waals surface area contributed by atoms with Gasteiger partial charge in [0.25, 0.3) is 0 Å². The molecule has 4 nitrogen and oxygen atoms in total. The number of benzene rings is 1. The molecular weight excluding hydrogens is 226 g/mol. The molecule has 0 atom stereocenters. The molecule has 4 heteroatoms. The molecule has 0 saturated carbocycles. The highest BCUT2D eigenvalue weighted by Gasteiger charge is 2.13. The van der Waals surface area contributed by atoms with E-state index >= 15 is 0 Å². The lowest BCUT2D eigenvalue weighted by molar-refractivity contribution is 0.229. The summed E-state index contributed by atoms with van der Waals surface area (Å²) in [7, 11) is 2.07. The average Bonchev–Trinajstić information content (AvgIpc) is 2.68. The van der Waals surface area contributed by atoms with Crippen molar-refractivity contribution < 1.29 is 5.11 Å². The zero-order valence-corrected chi connectivity index (χ0v) is 10.7. The minimum Gasteiger partial charge on any atom is -0.508 e. The first-order chi connectivity index (χ1) is 8.74. The van der Waals surface area contributed by atoms with E-state index in [-0.39, 0.29) is 0 Å². The Hall–Kier alpha value is -1.52. The number of nitrogens with one attached hydrogen (secondary N) is 1. The first-order valence-corrected chi connectivity index (χ1v) is 6.44. The number of nitrogens with zero attached hydrogens (tertiary/aromatic N) is 2. The molecule has 1 fully saturated rings. The van der Waals surface area contributed by atoms with Crippen molar-refractivity contribution in [1.29, 1.82) is 0 Å². The molecule has 0 amide bonds. The number of fused-ring (bicyclic) bond motifs is 1. The van der Waals surface area contributed by atoms with Crippen LogP contribution < -0.4 is 5.32 Å². The molecule has 2 aromatic rings. The van der Waals surface area contributed by atoms with Crippen LogP contribution in [0.3, 0.4) is 0 Å². The Kier molecular flexibility index (Phi) is 2.97. The average molecular weight is 245 g/mol. The zero-order chi connectivity index (χ0) is 12.5. The van der Waals surface area contributed by atoms with E-state index < -0.39 is 0 Å². The van der Waals surface area contributed by atoms with Gasteiger partial charge in [-0.2, -0.15) is 0 Å². The number of rotatable bonds is 2. The Balaban J connectivity index is 1.89. The highest BCUT2D eigenvalue weighted by molar-refractivity contribution is 5.82. The molecule has 0 bridgehead atoms. The number of hydrogen-bond donors (Lipinski definition) is 2. The lowest BCUT2D eigenvalue weighted by atomic mass is 10.2. The fourth-order valence-corrected chi connectivity index (χ4v) is 2.63. The summed E-state index contributed by atoms with van der Waals surface area (Å²) in [6.45, 7) is 5.34. The third-order valence-corrected chi connectivity index (χ3v) is 3.72. The van der Waals surface area contributed by atoms with Gasteiger partial charge in [0.15, 0.2) is 0 Å². The predicted molar refractivity (Wildman–Crippen MR) is 72.7 cm³/mol. The monoisotopic (exact) mass is 245 g/mol. The van der Waals surface area contributed by atoms with Crippen LogP contribution in [0.15, 0.2) is 24.3 Å². The standard InChI is InChI=1S/C14H19N3O/c1-16-12(10-17-6-4-15-5-7-17)8-11-2-3-13(18)9-14(11)16/h2-3,8-9,15,18H,4-7,10H2,1H3. The van der Waals surface area contributed by atoms with Gasteiger partial charge in [0.2, 0.25) is 0 Å². The van der Waals surface area contributed by atoms with Crippen LogP contribution in [-0.2, 0) is 13.6 Å². The maximum Gasteiger partial charge on any atom is 0.117 e. The second-order valence-electron chi connectivity index (χ2n) is 4.96. The molecule has 2 heterocycles. The number of aromatic hydroxyl groups is 1. The smallest absolute Gasteiger partial charge is 0.117 e. The van der Waals surface area contributed by atoms with Crippen molar-refractivity contribution in [2.75, 3.05) is 26.2 Å². The topological polar surface area (TPSA) is 40.4 Å². The van der Waals surface area contributed by atoms with Crippen molar-refractivity contribution in [3.8, 4) is 5.75 Å². The second kappa shape index (κ2) is 4.63. The van der Waals surface area contributed by atoms with E-state index in [0.29, 0.717) is 5.75 Å². The van der Waals surface area contributed by atoms with Crippen molar-refractivity contribution in [3.05, 3.63) is 30.0 Å². The predicted octanol–water partition coefficient (Wildman–Crippen LogP) is 1.29. The quantitative estimate of drug-likeness (QED) is 0.837. The summed E-state index contributed by atoms with van der Waals surface area (Å²) < 4.78 is 2.18. The lowest BCUT2D eigenvalue weighted by Crippen LogP contribution is -2.43. The van der Waals surface area contributed by atoms with Gasteiger partial charge in [0.05, 0.1) is 5.52 Å². The molecule has 1 aromatic heterocycles. The first kappa shape index (κ1) is 11.6. The Morgan fingerprint density at radius 1 is 1.22 bits per heavy atom. The summed E-state index contributed by atoms with van der Waals surface area (Å²) >= 11 is 0. The van der Waals surface area contributed by atoms with E-state index in [2.05, 4.69) is 27.9 Å². The van der Waals surface area contributed by atoms with Crippen LogP contribution in [0.5, 0.6) is 5.75 Å². The Morgan fingerprint density at radius 2 is 2.00 bits per heavy atom. The van der Waals surface area contributed by atoms with Crippen LogP contribution in [0.25, 0.3) is 10.9 Å². The molecule has 0 aliphatic carbocycles. The van der Waals surface area contributed by atoms with Crippen LogP contribution >= 0.6 is 0 Å². The van der Waals surface area contributed by atoms with Gasteiger partial charge in [-0.25, -0.2) is 0 Å². The highest BCUT2D eigenvalue weighted by atomic mass is 16.3. The number of phenolic OH excluding ortho intramolecular Hbond substituents is 1. The van der Waals surface area contributed by atoms with Crippen LogP contribution in [-0.4, -0.2) is 40.8 Å². The molecule has 3 rings (SSSR count). The summed E-state index contributed by atoms with van der Waals surface area (Å²) in [5.74, 6) is 0.331. The fourth-order valence-electron chi connectivity index (χ4n) is 2.63. The van der Waals surface area contributed by atoms with Crippen molar-refractivity contribution in [3.63, 3.8) is 0 Å². The first-order valence-electron chi connectivity index (χ1n) is 6.44. The van der Waals surface area contributed by atoms with Crippen molar-refractivity contribution in [1.82, 2.24) is 14.8 Å². The molecule has 1 saturated heterocycles. The molecule has 1 aliphatic rings. The molecule has 2 N–H and O–H groups in total. The Bertz CT molecular complexity index is 555. The number of phenols is 1. The minimum atomic E-state index is 0.331. The lowest BCUT2D eigenvalue weighted by Gasteiger charge is -2.27. The summed E-state index contributed by atoms with van der Waals surface area (Å²) in [5, 5.41) is 14.1. The van der Waals surface area contributed by atoms with Gasteiger partial charge in [-0.3, -0.25) is 4.90 Å². The molecule has 0 spiro atoms. The summed E-state index contributed by atoms with van der Waals surface area (Å²) in [6.07, 6.45) is 0. The van der Waals surface area contributed by atoms with Crippen molar-refractivity contribution in [2.24, 2.45) is 7.05 Å². The molecule has 96 valence electrons. The third kappa shape index (κ3) is 2.09. The van der Waals surface area contributed by atoms with Gasteiger partial charge in [0.1, 0.15) is 5.75 Å². The molecule has 0 unspecified atom stereocenters. The normalized spacial score (nSPS) is 17.4. The minimum absolute atomic E-state index is 0.331. The van der Waals surface area contributed by atoms with Crippen molar-refractivity contribution in [2.45, 2.75) is 6.54 Å². The fraction of sp³-hybridized carbons (Fsp3) is 0.429. The van der Waals surface area contributed by atoms with Gasteiger partial charge in [-0.05, 0) is 18.2 Å². The third-order valence-electron chi connectivity index (χ3n) is 3.72. The van der Waals surface area contributed by atoms with E-state index in [1.54, 1.807) is 6.07 Å². The summed E-state index contributed by atoms with van der Waals surface area (Å²) in [4.78, 5) is 2.46. The second-order valence-corrected chi connectivity index (χ2v) is 4.96. The number of aryl methyl sites for hydroxylation is 1. The van der Waals surface area contributed by atoms with Gasteiger partial charge >= 0.3 is 0 Å². The van der Waals surface area contributed by atoms with Crippen LogP contribution in [0, 0.1) is 0 Å². The SMILES string of the molecule is Cn1c(CN2CCNCC2)cc2ccc(O)cc21. The van der Waals surface area contributed by atoms with E-state index in [1.807, 2.05) is 12.1 Å². The van der Waals surface area contributed by atoms with E-state index in [9.17, 15) is 5.11 Å². The van der Waals surface area contributed by atoms with Crippen LogP contribution in [0.2, 0.25) is 0 Å². The highest BCUT2D eigenvalue weighted by Crippen LogP contribution is 2.23.